The highest BCUT2D eigenvalue weighted by molar-refractivity contribution is 7.26. The summed E-state index contributed by atoms with van der Waals surface area (Å²) in [6.07, 6.45) is 0. The highest BCUT2D eigenvalue weighted by atomic mass is 32.1. The van der Waals surface area contributed by atoms with Crippen molar-refractivity contribution in [2.75, 3.05) is 0 Å². The minimum atomic E-state index is 0.610. The molecule has 0 saturated heterocycles. The molecule has 0 fully saturated rings. The second kappa shape index (κ2) is 12.3. The largest absolute Gasteiger partial charge is 0.455 e. The number of fused-ring (bicyclic) bond motifs is 8. The molecular weight excluding hydrogens is 681 g/mol. The zero-order valence-electron chi connectivity index (χ0n) is 28.8. The third kappa shape index (κ3) is 4.99. The van der Waals surface area contributed by atoms with E-state index in [-0.39, 0.29) is 0 Å². The van der Waals surface area contributed by atoms with Gasteiger partial charge in [0.25, 0.3) is 0 Å². The molecule has 4 heterocycles. The Morgan fingerprint density at radius 1 is 0.389 bits per heavy atom. The van der Waals surface area contributed by atoms with Crippen molar-refractivity contribution in [1.82, 2.24) is 19.9 Å². The first-order valence-electron chi connectivity index (χ1n) is 17.9. The zero-order chi connectivity index (χ0) is 35.6. The van der Waals surface area contributed by atoms with E-state index in [2.05, 4.69) is 121 Å². The summed E-state index contributed by atoms with van der Waals surface area (Å²) in [6, 6.07) is 58.4. The summed E-state index contributed by atoms with van der Waals surface area (Å²) in [4.78, 5) is 20.3. The molecule has 0 aliphatic carbocycles. The van der Waals surface area contributed by atoms with Crippen molar-refractivity contribution in [3.05, 3.63) is 170 Å². The topological polar surface area (TPSA) is 64.7 Å². The van der Waals surface area contributed by atoms with Crippen LogP contribution in [-0.4, -0.2) is 19.9 Å². The van der Waals surface area contributed by atoms with Gasteiger partial charge in [0, 0.05) is 64.1 Å². The van der Waals surface area contributed by atoms with Crippen LogP contribution in [-0.2, 0) is 0 Å². The van der Waals surface area contributed by atoms with Crippen LogP contribution >= 0.6 is 11.3 Å². The van der Waals surface area contributed by atoms with Crippen molar-refractivity contribution in [2.45, 2.75) is 0 Å². The van der Waals surface area contributed by atoms with Gasteiger partial charge in [0.1, 0.15) is 11.2 Å². The second-order valence-corrected chi connectivity index (χ2v) is 14.4. The van der Waals surface area contributed by atoms with Gasteiger partial charge in [-0.1, -0.05) is 152 Å². The number of aromatic nitrogens is 4. The third-order valence-corrected chi connectivity index (χ3v) is 11.4. The van der Waals surface area contributed by atoms with Gasteiger partial charge >= 0.3 is 0 Å². The van der Waals surface area contributed by atoms with Crippen molar-refractivity contribution in [3.63, 3.8) is 0 Å². The molecule has 0 bridgehead atoms. The molecule has 7 aromatic carbocycles. The van der Waals surface area contributed by atoms with E-state index in [0.29, 0.717) is 17.5 Å². The van der Waals surface area contributed by atoms with Crippen molar-refractivity contribution in [2.24, 2.45) is 0 Å². The Morgan fingerprint density at radius 3 is 1.69 bits per heavy atom. The number of benzene rings is 7. The maximum Gasteiger partial charge on any atom is 0.164 e. The van der Waals surface area contributed by atoms with Gasteiger partial charge in [-0.2, -0.15) is 0 Å². The van der Waals surface area contributed by atoms with Gasteiger partial charge in [0.05, 0.1) is 11.2 Å². The molecule has 0 aliphatic heterocycles. The summed E-state index contributed by atoms with van der Waals surface area (Å²) in [5.74, 6) is 1.84. The number of nitrogens with zero attached hydrogens (tertiary/aromatic N) is 4. The zero-order valence-corrected chi connectivity index (χ0v) is 29.6. The number of pyridine rings is 1. The predicted octanol–water partition coefficient (Wildman–Crippen LogP) is 13.0. The summed E-state index contributed by atoms with van der Waals surface area (Å²) in [5.41, 5.74) is 9.63. The molecular formula is C48H28N4OS. The molecule has 54 heavy (non-hydrogen) atoms. The van der Waals surface area contributed by atoms with E-state index in [1.54, 1.807) is 0 Å². The number of thiophene rings is 1. The average molecular weight is 709 g/mol. The molecule has 0 N–H and O–H groups in total. The Hall–Kier alpha value is -7.02. The molecule has 0 saturated carbocycles. The van der Waals surface area contributed by atoms with E-state index < -0.39 is 0 Å². The first kappa shape index (κ1) is 30.6. The fourth-order valence-electron chi connectivity index (χ4n) is 7.52. The van der Waals surface area contributed by atoms with Crippen molar-refractivity contribution in [1.29, 1.82) is 0 Å². The molecule has 0 atom stereocenters. The lowest BCUT2D eigenvalue weighted by Gasteiger charge is -2.11. The fourth-order valence-corrected chi connectivity index (χ4v) is 8.76. The lowest BCUT2D eigenvalue weighted by atomic mass is 10.0. The van der Waals surface area contributed by atoms with E-state index in [1.807, 2.05) is 59.9 Å². The Morgan fingerprint density at radius 2 is 0.944 bits per heavy atom. The molecule has 11 rings (SSSR count). The normalized spacial score (nSPS) is 11.7. The summed E-state index contributed by atoms with van der Waals surface area (Å²) < 4.78 is 8.86. The number of furan rings is 1. The quantitative estimate of drug-likeness (QED) is 0.178. The highest BCUT2D eigenvalue weighted by Gasteiger charge is 2.18. The van der Waals surface area contributed by atoms with Crippen LogP contribution in [0.3, 0.4) is 0 Å². The van der Waals surface area contributed by atoms with Crippen LogP contribution in [0, 0.1) is 0 Å². The van der Waals surface area contributed by atoms with Gasteiger partial charge in [-0.3, -0.25) is 0 Å². The number of hydrogen-bond donors (Lipinski definition) is 0. The van der Waals surface area contributed by atoms with Gasteiger partial charge in [0.15, 0.2) is 17.5 Å². The molecule has 0 aliphatic rings. The van der Waals surface area contributed by atoms with E-state index >= 15 is 0 Å². The maximum atomic E-state index is 6.34. The second-order valence-electron chi connectivity index (χ2n) is 13.4. The highest BCUT2D eigenvalue weighted by Crippen LogP contribution is 2.43. The van der Waals surface area contributed by atoms with E-state index in [4.69, 9.17) is 24.4 Å². The van der Waals surface area contributed by atoms with Crippen LogP contribution in [0.1, 0.15) is 0 Å². The molecule has 0 amide bonds. The van der Waals surface area contributed by atoms with Crippen molar-refractivity contribution < 1.29 is 4.42 Å². The van der Waals surface area contributed by atoms with Crippen LogP contribution < -0.4 is 0 Å². The lowest BCUT2D eigenvalue weighted by molar-refractivity contribution is 0.670. The summed E-state index contributed by atoms with van der Waals surface area (Å²) in [5, 5.41) is 5.82. The third-order valence-electron chi connectivity index (χ3n) is 10.2. The molecule has 252 valence electrons. The van der Waals surface area contributed by atoms with Gasteiger partial charge in [-0.25, -0.2) is 19.9 Å². The smallest absolute Gasteiger partial charge is 0.164 e. The van der Waals surface area contributed by atoms with Crippen LogP contribution in [0.25, 0.3) is 110 Å². The molecule has 0 unspecified atom stereocenters. The molecule has 5 nitrogen and oxygen atoms in total. The summed E-state index contributed by atoms with van der Waals surface area (Å²) in [6.45, 7) is 0. The standard InChI is InChI=1S/C48H28N4OS/c1-2-11-31(12-3-1)46-50-47(32-25-21-29(22-26-32)34-16-10-17-36-35-13-5-8-19-40(35)53-44(34)36)52-48(51-46)33-27-23-30(24-28-33)43-42-38-15-6-9-20-41(38)54-45(42)37-14-4-7-18-39(37)49-43/h1-28H. The van der Waals surface area contributed by atoms with Gasteiger partial charge in [-0.15, -0.1) is 11.3 Å². The van der Waals surface area contributed by atoms with Crippen molar-refractivity contribution in [3.8, 4) is 56.5 Å². The van der Waals surface area contributed by atoms with E-state index in [0.717, 1.165) is 66.5 Å². The molecule has 0 radical (unpaired) electrons. The average Bonchev–Trinajstić information content (AvgIpc) is 3.83. The lowest BCUT2D eigenvalue weighted by Crippen LogP contribution is -2.00. The minimum Gasteiger partial charge on any atom is -0.455 e. The fraction of sp³-hybridized carbons (Fsp3) is 0. The Balaban J connectivity index is 1.01. The SMILES string of the molecule is c1ccc(-c2nc(-c3ccc(-c4cccc5c4oc4ccccc45)cc3)nc(-c3ccc(-c4nc5ccccc5c5sc6ccccc6c45)cc3)n2)cc1. The van der Waals surface area contributed by atoms with Crippen LogP contribution in [0.5, 0.6) is 0 Å². The number of rotatable bonds is 5. The van der Waals surface area contributed by atoms with Crippen LogP contribution in [0.2, 0.25) is 0 Å². The van der Waals surface area contributed by atoms with E-state index in [9.17, 15) is 0 Å². The summed E-state index contributed by atoms with van der Waals surface area (Å²) in [7, 11) is 0. The summed E-state index contributed by atoms with van der Waals surface area (Å²) >= 11 is 1.83. The Labute approximate surface area is 313 Å². The van der Waals surface area contributed by atoms with E-state index in [1.165, 1.54) is 25.6 Å². The first-order valence-corrected chi connectivity index (χ1v) is 18.7. The van der Waals surface area contributed by atoms with Gasteiger partial charge in [0.2, 0.25) is 0 Å². The van der Waals surface area contributed by atoms with Gasteiger partial charge < -0.3 is 4.42 Å². The molecule has 11 aromatic rings. The minimum absolute atomic E-state index is 0.610. The first-order chi connectivity index (χ1) is 26.7. The molecule has 0 spiro atoms. The van der Waals surface area contributed by atoms with Crippen LogP contribution in [0.15, 0.2) is 174 Å². The molecule has 6 heteroatoms. The number of hydrogen-bond acceptors (Lipinski definition) is 6. The number of para-hydroxylation sites is 3. The Bertz CT molecular complexity index is 3200. The van der Waals surface area contributed by atoms with Crippen LogP contribution in [0.4, 0.5) is 0 Å². The monoisotopic (exact) mass is 708 g/mol. The molecule has 4 aromatic heterocycles. The van der Waals surface area contributed by atoms with Crippen molar-refractivity contribution >= 4 is 64.4 Å². The van der Waals surface area contributed by atoms with Gasteiger partial charge in [-0.05, 0) is 23.8 Å². The maximum absolute atomic E-state index is 6.34. The Kier molecular flexibility index (Phi) is 6.97. The predicted molar refractivity (Wildman–Crippen MR) is 222 cm³/mol.